The number of ether oxygens (including phenoxy) is 1. The van der Waals surface area contributed by atoms with Crippen molar-refractivity contribution < 1.29 is 14.3 Å². The summed E-state index contributed by atoms with van der Waals surface area (Å²) in [5.74, 6) is 1.19. The van der Waals surface area contributed by atoms with Gasteiger partial charge in [0.15, 0.2) is 0 Å². The van der Waals surface area contributed by atoms with Crippen molar-refractivity contribution in [1.82, 2.24) is 10.2 Å². The van der Waals surface area contributed by atoms with Crippen molar-refractivity contribution in [1.29, 1.82) is 0 Å². The Morgan fingerprint density at radius 1 is 1.33 bits per heavy atom. The van der Waals surface area contributed by atoms with Crippen molar-refractivity contribution in [2.75, 3.05) is 12.9 Å². The molecule has 0 saturated carbocycles. The van der Waals surface area contributed by atoms with Crippen molar-refractivity contribution >= 4 is 23.6 Å². The highest BCUT2D eigenvalue weighted by Gasteiger charge is 2.41. The predicted molar refractivity (Wildman–Crippen MR) is 97.4 cm³/mol. The van der Waals surface area contributed by atoms with E-state index in [9.17, 15) is 9.59 Å². The molecule has 0 aromatic heterocycles. The van der Waals surface area contributed by atoms with Gasteiger partial charge in [-0.1, -0.05) is 13.8 Å². The Morgan fingerprint density at radius 2 is 2.00 bits per heavy atom. The molecule has 0 spiro atoms. The van der Waals surface area contributed by atoms with E-state index < -0.39 is 6.04 Å². The molecular weight excluding hydrogens is 324 g/mol. The van der Waals surface area contributed by atoms with Gasteiger partial charge in [0.25, 0.3) is 5.91 Å². The number of thioether (sulfide) groups is 1. The van der Waals surface area contributed by atoms with Crippen molar-refractivity contribution in [2.45, 2.75) is 51.1 Å². The minimum atomic E-state index is -0.413. The molecule has 1 aromatic rings. The minimum absolute atomic E-state index is 0.0345. The summed E-state index contributed by atoms with van der Waals surface area (Å²) in [6.45, 7) is 6.05. The van der Waals surface area contributed by atoms with E-state index in [-0.39, 0.29) is 23.2 Å². The van der Waals surface area contributed by atoms with Crippen LogP contribution >= 0.6 is 11.8 Å². The smallest absolute Gasteiger partial charge is 0.255 e. The zero-order valence-electron chi connectivity index (χ0n) is 14.7. The van der Waals surface area contributed by atoms with Gasteiger partial charge in [-0.15, -0.1) is 11.8 Å². The lowest BCUT2D eigenvalue weighted by molar-refractivity contribution is -0.125. The predicted octanol–water partition coefficient (Wildman–Crippen LogP) is 2.90. The maximum atomic E-state index is 13.0. The van der Waals surface area contributed by atoms with Gasteiger partial charge in [0, 0.05) is 17.4 Å². The van der Waals surface area contributed by atoms with Crippen LogP contribution in [0.15, 0.2) is 24.3 Å². The highest BCUT2D eigenvalue weighted by atomic mass is 32.2. The van der Waals surface area contributed by atoms with Crippen LogP contribution < -0.4 is 10.1 Å². The van der Waals surface area contributed by atoms with E-state index in [1.807, 2.05) is 20.8 Å². The second-order valence-electron chi connectivity index (χ2n) is 5.97. The molecule has 3 atom stereocenters. The molecule has 2 amide bonds. The van der Waals surface area contributed by atoms with Crippen molar-refractivity contribution in [2.24, 2.45) is 0 Å². The maximum absolute atomic E-state index is 13.0. The van der Waals surface area contributed by atoms with Crippen LogP contribution in [0.5, 0.6) is 5.75 Å². The molecule has 1 saturated heterocycles. The first-order chi connectivity index (χ1) is 11.5. The topological polar surface area (TPSA) is 58.6 Å². The molecular formula is C18H26N2O3S. The van der Waals surface area contributed by atoms with E-state index in [0.717, 1.165) is 12.8 Å². The van der Waals surface area contributed by atoms with Crippen molar-refractivity contribution in [3.05, 3.63) is 29.8 Å². The summed E-state index contributed by atoms with van der Waals surface area (Å²) in [5, 5.41) is 3.04. The summed E-state index contributed by atoms with van der Waals surface area (Å²) < 4.78 is 5.14. The molecule has 2 rings (SSSR count). The fraction of sp³-hybridized carbons (Fsp3) is 0.556. The summed E-state index contributed by atoms with van der Waals surface area (Å²) in [6.07, 6.45) is 1.69. The lowest BCUT2D eigenvalue weighted by Gasteiger charge is -2.29. The lowest BCUT2D eigenvalue weighted by Crippen LogP contribution is -2.51. The largest absolute Gasteiger partial charge is 0.497 e. The molecule has 0 radical (unpaired) electrons. The third-order valence-electron chi connectivity index (χ3n) is 4.32. The zero-order valence-corrected chi connectivity index (χ0v) is 15.6. The first kappa shape index (κ1) is 18.6. The summed E-state index contributed by atoms with van der Waals surface area (Å²) in [6, 6.07) is 6.74. The first-order valence-corrected chi connectivity index (χ1v) is 9.45. The first-order valence-electron chi connectivity index (χ1n) is 8.40. The summed E-state index contributed by atoms with van der Waals surface area (Å²) >= 11 is 1.67. The number of rotatable bonds is 6. The van der Waals surface area contributed by atoms with Crippen LogP contribution in [-0.4, -0.2) is 47.0 Å². The van der Waals surface area contributed by atoms with Crippen LogP contribution in [0, 0.1) is 0 Å². The monoisotopic (exact) mass is 350 g/mol. The molecule has 1 fully saturated rings. The zero-order chi connectivity index (χ0) is 17.7. The number of hydrogen-bond donors (Lipinski definition) is 1. The van der Waals surface area contributed by atoms with E-state index in [1.54, 1.807) is 48.0 Å². The molecule has 1 heterocycles. The molecule has 132 valence electrons. The van der Waals surface area contributed by atoms with Crippen molar-refractivity contribution in [3.63, 3.8) is 0 Å². The average molecular weight is 350 g/mol. The third-order valence-corrected chi connectivity index (χ3v) is 5.77. The van der Waals surface area contributed by atoms with Gasteiger partial charge in [0.05, 0.1) is 12.5 Å². The average Bonchev–Trinajstić information content (AvgIpc) is 3.05. The van der Waals surface area contributed by atoms with Crippen LogP contribution in [0.2, 0.25) is 0 Å². The van der Waals surface area contributed by atoms with Crippen LogP contribution in [-0.2, 0) is 4.79 Å². The van der Waals surface area contributed by atoms with Gasteiger partial charge in [0.1, 0.15) is 11.8 Å². The Labute approximate surface area is 148 Å². The second kappa shape index (κ2) is 8.42. The second-order valence-corrected chi connectivity index (χ2v) is 7.18. The molecule has 0 unspecified atom stereocenters. The number of hydrogen-bond acceptors (Lipinski definition) is 4. The Bertz CT molecular complexity index is 576. The van der Waals surface area contributed by atoms with Gasteiger partial charge >= 0.3 is 0 Å². The SMILES string of the molecule is CC[C@@H]1SC[C@H](C(=O)N[C@@H](C)CC)N1C(=O)c1ccc(OC)cc1. The summed E-state index contributed by atoms with van der Waals surface area (Å²) in [7, 11) is 1.59. The molecule has 1 aliphatic rings. The van der Waals surface area contributed by atoms with Gasteiger partial charge in [-0.2, -0.15) is 0 Å². The Hall–Kier alpha value is -1.69. The number of carbonyl (C=O) groups excluding carboxylic acids is 2. The Kier molecular flexibility index (Phi) is 6.54. The molecule has 0 aliphatic carbocycles. The molecule has 1 aromatic carbocycles. The van der Waals surface area contributed by atoms with Crippen LogP contribution in [0.25, 0.3) is 0 Å². The van der Waals surface area contributed by atoms with Crippen LogP contribution in [0.1, 0.15) is 44.0 Å². The number of nitrogens with zero attached hydrogens (tertiary/aromatic N) is 1. The Morgan fingerprint density at radius 3 is 2.54 bits per heavy atom. The fourth-order valence-electron chi connectivity index (χ4n) is 2.68. The summed E-state index contributed by atoms with van der Waals surface area (Å²) in [5.41, 5.74) is 0.582. The number of amides is 2. The van der Waals surface area contributed by atoms with E-state index in [1.165, 1.54) is 0 Å². The molecule has 5 nitrogen and oxygen atoms in total. The highest BCUT2D eigenvalue weighted by molar-refractivity contribution is 8.00. The third kappa shape index (κ3) is 4.04. The summed E-state index contributed by atoms with van der Waals surface area (Å²) in [4.78, 5) is 27.3. The number of carbonyl (C=O) groups is 2. The minimum Gasteiger partial charge on any atom is -0.497 e. The van der Waals surface area contributed by atoms with Crippen LogP contribution in [0.3, 0.4) is 0 Å². The van der Waals surface area contributed by atoms with Gasteiger partial charge < -0.3 is 15.0 Å². The van der Waals surface area contributed by atoms with E-state index >= 15 is 0 Å². The number of methoxy groups -OCH3 is 1. The lowest BCUT2D eigenvalue weighted by atomic mass is 10.1. The molecule has 6 heteroatoms. The molecule has 0 bridgehead atoms. The quantitative estimate of drug-likeness (QED) is 0.857. The Balaban J connectivity index is 2.20. The van der Waals surface area contributed by atoms with E-state index in [2.05, 4.69) is 5.32 Å². The molecule has 1 N–H and O–H groups in total. The van der Waals surface area contributed by atoms with Gasteiger partial charge in [0.2, 0.25) is 5.91 Å². The maximum Gasteiger partial charge on any atom is 0.255 e. The normalized spacial score (nSPS) is 21.4. The standard InChI is InChI=1S/C18H26N2O3S/c1-5-12(3)19-17(21)15-11-24-16(6-2)20(15)18(22)13-7-9-14(23-4)10-8-13/h7-10,12,15-16H,5-6,11H2,1-4H3,(H,19,21)/t12-,15+,16-/m0/s1. The van der Waals surface area contributed by atoms with Gasteiger partial charge in [-0.05, 0) is 44.0 Å². The fourth-order valence-corrected chi connectivity index (χ4v) is 4.03. The highest BCUT2D eigenvalue weighted by Crippen LogP contribution is 2.33. The molecule has 1 aliphatic heterocycles. The number of nitrogens with one attached hydrogen (secondary N) is 1. The van der Waals surface area contributed by atoms with Gasteiger partial charge in [-0.3, -0.25) is 9.59 Å². The molecule has 24 heavy (non-hydrogen) atoms. The van der Waals surface area contributed by atoms with Crippen molar-refractivity contribution in [3.8, 4) is 5.75 Å². The van der Waals surface area contributed by atoms with E-state index in [4.69, 9.17) is 4.74 Å². The number of benzene rings is 1. The van der Waals surface area contributed by atoms with Gasteiger partial charge in [-0.25, -0.2) is 0 Å². The van der Waals surface area contributed by atoms with E-state index in [0.29, 0.717) is 17.1 Å². The van der Waals surface area contributed by atoms with Crippen LogP contribution in [0.4, 0.5) is 0 Å².